The molecule has 0 radical (unpaired) electrons. The summed E-state index contributed by atoms with van der Waals surface area (Å²) in [6, 6.07) is 7.48. The molecule has 0 bridgehead atoms. The number of carbonyl (C=O) groups is 2. The maximum atomic E-state index is 13.0. The molecule has 1 aromatic carbocycles. The monoisotopic (exact) mass is 488 g/mol. The van der Waals surface area contributed by atoms with E-state index in [-0.39, 0.29) is 0 Å². The fourth-order valence-electron chi connectivity index (χ4n) is 4.54. The van der Waals surface area contributed by atoms with E-state index in [0.29, 0.717) is 25.2 Å². The van der Waals surface area contributed by atoms with E-state index >= 15 is 0 Å². The summed E-state index contributed by atoms with van der Waals surface area (Å²) in [6.07, 6.45) is 19.6. The molecule has 0 aliphatic heterocycles. The average molecular weight is 489 g/mol. The summed E-state index contributed by atoms with van der Waals surface area (Å²) in [7, 11) is 0. The molecule has 0 fully saturated rings. The molecule has 4 nitrogen and oxygen atoms in total. The summed E-state index contributed by atoms with van der Waals surface area (Å²) < 4.78 is 11.2. The standard InChI is InChI=1S/C31H52O4/c1-5-9-10-11-12-13-14-15-16-17-18-19-20-21-25-34-29(32)31(7-3,8-4)30(33)35-28-24-22-23-27(6-2)26-28/h22-24,26H,5-21,25H2,1-4H3. The molecule has 35 heavy (non-hydrogen) atoms. The van der Waals surface area contributed by atoms with Crippen LogP contribution in [0.3, 0.4) is 0 Å². The number of unbranched alkanes of at least 4 members (excludes halogenated alkanes) is 13. The van der Waals surface area contributed by atoms with Gasteiger partial charge in [0, 0.05) is 0 Å². The first-order valence-electron chi connectivity index (χ1n) is 14.5. The van der Waals surface area contributed by atoms with Gasteiger partial charge in [0.1, 0.15) is 5.75 Å². The van der Waals surface area contributed by atoms with Gasteiger partial charge in [0.05, 0.1) is 6.61 Å². The van der Waals surface area contributed by atoms with Crippen LogP contribution in [-0.4, -0.2) is 18.5 Å². The Hall–Kier alpha value is -1.84. The first-order chi connectivity index (χ1) is 17.0. The van der Waals surface area contributed by atoms with Gasteiger partial charge in [0.25, 0.3) is 0 Å². The molecule has 1 rings (SSSR count). The van der Waals surface area contributed by atoms with Crippen molar-refractivity contribution in [3.8, 4) is 5.75 Å². The normalized spacial score (nSPS) is 11.4. The maximum Gasteiger partial charge on any atom is 0.328 e. The maximum absolute atomic E-state index is 13.0. The van der Waals surface area contributed by atoms with E-state index in [1.807, 2.05) is 32.0 Å². The predicted molar refractivity (Wildman–Crippen MR) is 146 cm³/mol. The second-order valence-corrected chi connectivity index (χ2v) is 9.91. The van der Waals surface area contributed by atoms with E-state index in [1.165, 1.54) is 77.0 Å². The molecule has 0 unspecified atom stereocenters. The van der Waals surface area contributed by atoms with Crippen molar-refractivity contribution >= 4 is 11.9 Å². The van der Waals surface area contributed by atoms with Gasteiger partial charge in [-0.25, -0.2) is 0 Å². The third-order valence-electron chi connectivity index (χ3n) is 7.24. The molecule has 1 aromatic rings. The van der Waals surface area contributed by atoms with Crippen LogP contribution in [0.1, 0.15) is 136 Å². The molecular formula is C31H52O4. The van der Waals surface area contributed by atoms with E-state index in [9.17, 15) is 9.59 Å². The van der Waals surface area contributed by atoms with Crippen LogP contribution in [0, 0.1) is 5.41 Å². The molecule has 0 amide bonds. The van der Waals surface area contributed by atoms with E-state index in [0.717, 1.165) is 24.8 Å². The molecule has 200 valence electrons. The number of benzene rings is 1. The SMILES string of the molecule is CCCCCCCCCCCCCCCCOC(=O)C(CC)(CC)C(=O)Oc1cccc(CC)c1. The van der Waals surface area contributed by atoms with Gasteiger partial charge in [0.15, 0.2) is 5.41 Å². The third-order valence-corrected chi connectivity index (χ3v) is 7.24. The predicted octanol–water partition coefficient (Wildman–Crippen LogP) is 8.99. The Morgan fingerprint density at radius 3 is 1.69 bits per heavy atom. The Morgan fingerprint density at radius 2 is 1.20 bits per heavy atom. The number of hydrogen-bond acceptors (Lipinski definition) is 4. The lowest BCUT2D eigenvalue weighted by Crippen LogP contribution is -2.42. The molecule has 4 heteroatoms. The molecule has 0 heterocycles. The van der Waals surface area contributed by atoms with Gasteiger partial charge < -0.3 is 9.47 Å². The van der Waals surface area contributed by atoms with Crippen molar-refractivity contribution < 1.29 is 19.1 Å². The number of rotatable bonds is 21. The molecule has 0 N–H and O–H groups in total. The number of aryl methyl sites for hydroxylation is 1. The lowest BCUT2D eigenvalue weighted by atomic mass is 9.82. The smallest absolute Gasteiger partial charge is 0.328 e. The second kappa shape index (κ2) is 19.4. The van der Waals surface area contributed by atoms with Crippen molar-refractivity contribution in [2.75, 3.05) is 6.61 Å². The first-order valence-corrected chi connectivity index (χ1v) is 14.5. The highest BCUT2D eigenvalue weighted by Gasteiger charge is 2.46. The van der Waals surface area contributed by atoms with E-state index in [4.69, 9.17) is 9.47 Å². The van der Waals surface area contributed by atoms with Crippen LogP contribution < -0.4 is 4.74 Å². The first kappa shape index (κ1) is 31.2. The minimum absolute atomic E-state index is 0.368. The highest BCUT2D eigenvalue weighted by atomic mass is 16.6. The third kappa shape index (κ3) is 12.1. The Labute approximate surface area is 215 Å². The average Bonchev–Trinajstić information content (AvgIpc) is 2.87. The zero-order chi connectivity index (χ0) is 25.8. The summed E-state index contributed by atoms with van der Waals surface area (Å²) in [4.78, 5) is 25.9. The second-order valence-electron chi connectivity index (χ2n) is 9.91. The molecule has 0 saturated heterocycles. The van der Waals surface area contributed by atoms with Crippen LogP contribution in [0.5, 0.6) is 5.75 Å². The quantitative estimate of drug-likeness (QED) is 0.0749. The molecule has 0 aliphatic rings. The topological polar surface area (TPSA) is 52.6 Å². The van der Waals surface area contributed by atoms with Gasteiger partial charge in [0.2, 0.25) is 0 Å². The zero-order valence-electron chi connectivity index (χ0n) is 23.2. The summed E-state index contributed by atoms with van der Waals surface area (Å²) in [5, 5.41) is 0. The Kier molecular flexibility index (Phi) is 17.3. The van der Waals surface area contributed by atoms with Gasteiger partial charge in [-0.05, 0) is 43.4 Å². The largest absolute Gasteiger partial charge is 0.465 e. The zero-order valence-corrected chi connectivity index (χ0v) is 23.2. The van der Waals surface area contributed by atoms with Crippen molar-refractivity contribution in [3.63, 3.8) is 0 Å². The summed E-state index contributed by atoms with van der Waals surface area (Å²) in [5.41, 5.74) is -0.146. The highest BCUT2D eigenvalue weighted by molar-refractivity contribution is 6.00. The lowest BCUT2D eigenvalue weighted by Gasteiger charge is -2.26. The molecule has 0 aliphatic carbocycles. The Morgan fingerprint density at radius 1 is 0.686 bits per heavy atom. The Balaban J connectivity index is 2.22. The van der Waals surface area contributed by atoms with Gasteiger partial charge >= 0.3 is 11.9 Å². The minimum atomic E-state index is -1.24. The van der Waals surface area contributed by atoms with Crippen molar-refractivity contribution in [2.24, 2.45) is 5.41 Å². The Bertz CT molecular complexity index is 693. The minimum Gasteiger partial charge on any atom is -0.465 e. The lowest BCUT2D eigenvalue weighted by molar-refractivity contribution is -0.168. The van der Waals surface area contributed by atoms with Crippen LogP contribution in [0.2, 0.25) is 0 Å². The number of esters is 2. The van der Waals surface area contributed by atoms with Gasteiger partial charge in [-0.1, -0.05) is 123 Å². The van der Waals surface area contributed by atoms with Crippen molar-refractivity contribution in [1.82, 2.24) is 0 Å². The molecule has 0 atom stereocenters. The van der Waals surface area contributed by atoms with Crippen molar-refractivity contribution in [1.29, 1.82) is 0 Å². The van der Waals surface area contributed by atoms with Crippen LogP contribution in [0.4, 0.5) is 0 Å². The fraction of sp³-hybridized carbons (Fsp3) is 0.742. The van der Waals surface area contributed by atoms with Crippen LogP contribution in [0.25, 0.3) is 0 Å². The van der Waals surface area contributed by atoms with Gasteiger partial charge in [-0.15, -0.1) is 0 Å². The van der Waals surface area contributed by atoms with E-state index in [2.05, 4.69) is 13.8 Å². The van der Waals surface area contributed by atoms with Crippen LogP contribution >= 0.6 is 0 Å². The number of hydrogen-bond donors (Lipinski definition) is 0. The number of carbonyl (C=O) groups excluding carboxylic acids is 2. The van der Waals surface area contributed by atoms with Crippen molar-refractivity contribution in [2.45, 2.75) is 137 Å². The van der Waals surface area contributed by atoms with E-state index in [1.54, 1.807) is 6.07 Å². The van der Waals surface area contributed by atoms with Crippen LogP contribution in [0.15, 0.2) is 24.3 Å². The summed E-state index contributed by atoms with van der Waals surface area (Å²) in [6.45, 7) is 8.39. The highest BCUT2D eigenvalue weighted by Crippen LogP contribution is 2.31. The summed E-state index contributed by atoms with van der Waals surface area (Å²) >= 11 is 0. The van der Waals surface area contributed by atoms with Crippen LogP contribution in [-0.2, 0) is 20.7 Å². The molecule has 0 aromatic heterocycles. The van der Waals surface area contributed by atoms with Gasteiger partial charge in [-0.3, -0.25) is 9.59 Å². The van der Waals surface area contributed by atoms with Crippen molar-refractivity contribution in [3.05, 3.63) is 29.8 Å². The molecular weight excluding hydrogens is 436 g/mol. The summed E-state index contributed by atoms with van der Waals surface area (Å²) in [5.74, 6) is -0.476. The molecule has 0 spiro atoms. The number of ether oxygens (including phenoxy) is 2. The van der Waals surface area contributed by atoms with Gasteiger partial charge in [-0.2, -0.15) is 0 Å². The fourth-order valence-corrected chi connectivity index (χ4v) is 4.54. The molecule has 0 saturated carbocycles. The van der Waals surface area contributed by atoms with E-state index < -0.39 is 17.4 Å².